The molecule has 5 heteroatoms. The number of hydrogen-bond acceptors (Lipinski definition) is 5. The standard InChI is InChI=1S/C41H40O5/c1-5-43-40-29(2)30(3)41(46-28-34-19-13-8-14-20-34)36(31(40)4)23-24-38(42)37-22-21-35(44-26-32-15-9-6-10-16-32)25-39(37)45-27-33-17-11-7-12-18-33/h6-25H,5,26-28H2,1-4H3. The van der Waals surface area contributed by atoms with Crippen LogP contribution in [-0.2, 0) is 19.8 Å². The van der Waals surface area contributed by atoms with Crippen LogP contribution >= 0.6 is 0 Å². The maximum Gasteiger partial charge on any atom is 0.189 e. The van der Waals surface area contributed by atoms with Crippen LogP contribution in [0.5, 0.6) is 23.0 Å². The molecule has 0 N–H and O–H groups in total. The maximum atomic E-state index is 13.8. The van der Waals surface area contributed by atoms with E-state index in [9.17, 15) is 4.79 Å². The van der Waals surface area contributed by atoms with Gasteiger partial charge in [0, 0.05) is 17.2 Å². The lowest BCUT2D eigenvalue weighted by Gasteiger charge is -2.21. The zero-order chi connectivity index (χ0) is 32.3. The molecule has 0 aliphatic rings. The van der Waals surface area contributed by atoms with Crippen molar-refractivity contribution in [1.82, 2.24) is 0 Å². The molecule has 0 radical (unpaired) electrons. The second-order valence-electron chi connectivity index (χ2n) is 11.1. The van der Waals surface area contributed by atoms with E-state index in [2.05, 4.69) is 0 Å². The first-order chi connectivity index (χ1) is 22.4. The van der Waals surface area contributed by atoms with Gasteiger partial charge in [0.1, 0.15) is 42.8 Å². The van der Waals surface area contributed by atoms with Crippen molar-refractivity contribution in [2.45, 2.75) is 47.5 Å². The third-order valence-corrected chi connectivity index (χ3v) is 7.85. The van der Waals surface area contributed by atoms with Crippen LogP contribution in [0.25, 0.3) is 6.08 Å². The molecule has 0 aliphatic heterocycles. The van der Waals surface area contributed by atoms with E-state index in [0.29, 0.717) is 43.5 Å². The lowest BCUT2D eigenvalue weighted by Crippen LogP contribution is -2.06. The second-order valence-corrected chi connectivity index (χ2v) is 11.1. The molecule has 0 aromatic heterocycles. The summed E-state index contributed by atoms with van der Waals surface area (Å²) < 4.78 is 24.8. The highest BCUT2D eigenvalue weighted by Crippen LogP contribution is 2.39. The minimum atomic E-state index is -0.192. The van der Waals surface area contributed by atoms with Gasteiger partial charge >= 0.3 is 0 Å². The first kappa shape index (κ1) is 32.1. The molecule has 0 saturated heterocycles. The molecule has 0 saturated carbocycles. The van der Waals surface area contributed by atoms with Crippen molar-refractivity contribution in [2.24, 2.45) is 0 Å². The number of carbonyl (C=O) groups excluding carboxylic acids is 1. The molecule has 5 nitrogen and oxygen atoms in total. The van der Waals surface area contributed by atoms with Gasteiger partial charge in [-0.1, -0.05) is 91.0 Å². The van der Waals surface area contributed by atoms with E-state index in [-0.39, 0.29) is 5.78 Å². The average molecular weight is 613 g/mol. The Labute approximate surface area is 272 Å². The molecular weight excluding hydrogens is 572 g/mol. The number of hydrogen-bond donors (Lipinski definition) is 0. The summed E-state index contributed by atoms with van der Waals surface area (Å²) in [5.74, 6) is 2.43. The van der Waals surface area contributed by atoms with E-state index in [4.69, 9.17) is 18.9 Å². The van der Waals surface area contributed by atoms with Crippen molar-refractivity contribution < 1.29 is 23.7 Å². The molecule has 0 bridgehead atoms. The number of benzene rings is 5. The molecule has 46 heavy (non-hydrogen) atoms. The Morgan fingerprint density at radius 2 is 1.11 bits per heavy atom. The molecule has 0 unspecified atom stereocenters. The third kappa shape index (κ3) is 8.05. The monoisotopic (exact) mass is 612 g/mol. The molecule has 5 aromatic rings. The van der Waals surface area contributed by atoms with Gasteiger partial charge in [0.2, 0.25) is 0 Å². The third-order valence-electron chi connectivity index (χ3n) is 7.85. The summed E-state index contributed by atoms with van der Waals surface area (Å²) in [7, 11) is 0. The number of allylic oxidation sites excluding steroid dienone is 1. The lowest BCUT2D eigenvalue weighted by molar-refractivity contribution is 0.104. The highest BCUT2D eigenvalue weighted by Gasteiger charge is 2.20. The zero-order valence-electron chi connectivity index (χ0n) is 26.9. The van der Waals surface area contributed by atoms with E-state index >= 15 is 0 Å². The van der Waals surface area contributed by atoms with Crippen molar-refractivity contribution >= 4 is 11.9 Å². The summed E-state index contributed by atoms with van der Waals surface area (Å²) in [4.78, 5) is 13.8. The van der Waals surface area contributed by atoms with Crippen molar-refractivity contribution in [3.8, 4) is 23.0 Å². The Balaban J connectivity index is 1.46. The molecule has 0 atom stereocenters. The van der Waals surface area contributed by atoms with Crippen molar-refractivity contribution in [3.63, 3.8) is 0 Å². The van der Waals surface area contributed by atoms with Gasteiger partial charge in [0.25, 0.3) is 0 Å². The fraction of sp³-hybridized carbons (Fsp3) is 0.195. The summed E-state index contributed by atoms with van der Waals surface area (Å²) in [5, 5.41) is 0. The Morgan fingerprint density at radius 1 is 0.587 bits per heavy atom. The van der Waals surface area contributed by atoms with Gasteiger partial charge in [-0.05, 0) is 79.8 Å². The molecule has 0 fully saturated rings. The largest absolute Gasteiger partial charge is 0.493 e. The van der Waals surface area contributed by atoms with Crippen LogP contribution in [-0.4, -0.2) is 12.4 Å². The van der Waals surface area contributed by atoms with E-state index in [0.717, 1.165) is 50.4 Å². The van der Waals surface area contributed by atoms with E-state index in [1.165, 1.54) is 0 Å². The van der Waals surface area contributed by atoms with Crippen molar-refractivity contribution in [3.05, 3.63) is 160 Å². The predicted molar refractivity (Wildman–Crippen MR) is 184 cm³/mol. The molecule has 0 spiro atoms. The van der Waals surface area contributed by atoms with Gasteiger partial charge < -0.3 is 18.9 Å². The fourth-order valence-corrected chi connectivity index (χ4v) is 5.23. The van der Waals surface area contributed by atoms with Crippen LogP contribution < -0.4 is 18.9 Å². The Hall–Kier alpha value is -5.29. The molecular formula is C41H40O5. The highest BCUT2D eigenvalue weighted by atomic mass is 16.5. The van der Waals surface area contributed by atoms with Crippen LogP contribution in [0.15, 0.2) is 115 Å². The van der Waals surface area contributed by atoms with Crippen LogP contribution in [0.4, 0.5) is 0 Å². The lowest BCUT2D eigenvalue weighted by atomic mass is 9.96. The van der Waals surface area contributed by atoms with E-state index in [1.807, 2.05) is 131 Å². The SMILES string of the molecule is CCOc1c(C)c(C)c(OCc2ccccc2)c(C=CC(=O)c2ccc(OCc3ccccc3)cc2OCc2ccccc2)c1C. The normalized spacial score (nSPS) is 11.0. The van der Waals surface area contributed by atoms with Gasteiger partial charge in [-0.3, -0.25) is 4.79 Å². The van der Waals surface area contributed by atoms with Gasteiger partial charge in [0.15, 0.2) is 5.78 Å². The summed E-state index contributed by atoms with van der Waals surface area (Å²) in [6.45, 7) is 9.71. The molecule has 0 aliphatic carbocycles. The smallest absolute Gasteiger partial charge is 0.189 e. The van der Waals surface area contributed by atoms with Crippen LogP contribution in [0, 0.1) is 20.8 Å². The predicted octanol–water partition coefficient (Wildman–Crippen LogP) is 9.64. The molecule has 0 heterocycles. The quantitative estimate of drug-likeness (QED) is 0.0923. The van der Waals surface area contributed by atoms with Crippen molar-refractivity contribution in [2.75, 3.05) is 6.61 Å². The van der Waals surface area contributed by atoms with Crippen LogP contribution in [0.3, 0.4) is 0 Å². The average Bonchev–Trinajstić information content (AvgIpc) is 3.10. The highest BCUT2D eigenvalue weighted by molar-refractivity contribution is 6.09. The van der Waals surface area contributed by atoms with Gasteiger partial charge in [-0.25, -0.2) is 0 Å². The van der Waals surface area contributed by atoms with E-state index < -0.39 is 0 Å². The Morgan fingerprint density at radius 3 is 1.67 bits per heavy atom. The first-order valence-electron chi connectivity index (χ1n) is 15.6. The van der Waals surface area contributed by atoms with Crippen LogP contribution in [0.2, 0.25) is 0 Å². The van der Waals surface area contributed by atoms with Crippen LogP contribution in [0.1, 0.15) is 56.2 Å². The topological polar surface area (TPSA) is 54.0 Å². The Bertz CT molecular complexity index is 1780. The van der Waals surface area contributed by atoms with Gasteiger partial charge in [0.05, 0.1) is 12.2 Å². The van der Waals surface area contributed by atoms with E-state index in [1.54, 1.807) is 18.2 Å². The van der Waals surface area contributed by atoms with Gasteiger partial charge in [-0.2, -0.15) is 0 Å². The van der Waals surface area contributed by atoms with Gasteiger partial charge in [-0.15, -0.1) is 0 Å². The minimum Gasteiger partial charge on any atom is -0.493 e. The summed E-state index contributed by atoms with van der Waals surface area (Å²) >= 11 is 0. The van der Waals surface area contributed by atoms with Crippen molar-refractivity contribution in [1.29, 1.82) is 0 Å². The zero-order valence-corrected chi connectivity index (χ0v) is 26.9. The minimum absolute atomic E-state index is 0.192. The molecule has 5 aromatic carbocycles. The molecule has 234 valence electrons. The summed E-state index contributed by atoms with van der Waals surface area (Å²) in [6.07, 6.45) is 3.41. The number of ether oxygens (including phenoxy) is 4. The summed E-state index contributed by atoms with van der Waals surface area (Å²) in [6, 6.07) is 35.2. The number of carbonyl (C=O) groups is 1. The fourth-order valence-electron chi connectivity index (χ4n) is 5.23. The number of rotatable bonds is 14. The first-order valence-corrected chi connectivity index (χ1v) is 15.6. The number of ketones is 1. The summed E-state index contributed by atoms with van der Waals surface area (Å²) in [5.41, 5.74) is 7.29. The molecule has 0 amide bonds. The Kier molecular flexibility index (Phi) is 10.9. The maximum absolute atomic E-state index is 13.8. The second kappa shape index (κ2) is 15.6. The molecule has 5 rings (SSSR count).